The van der Waals surface area contributed by atoms with Gasteiger partial charge in [0.1, 0.15) is 23.6 Å². The van der Waals surface area contributed by atoms with Gasteiger partial charge in [-0.3, -0.25) is 0 Å². The van der Waals surface area contributed by atoms with Gasteiger partial charge in [0.15, 0.2) is 0 Å². The maximum Gasteiger partial charge on any atom is 0.328 e. The molecule has 2 amide bonds. The van der Waals surface area contributed by atoms with E-state index < -0.39 is 18.1 Å². The largest absolute Gasteiger partial charge is 0.497 e. The highest BCUT2D eigenvalue weighted by Crippen LogP contribution is 2.37. The molecule has 3 rings (SSSR count). The van der Waals surface area contributed by atoms with E-state index in [-0.39, 0.29) is 11.9 Å². The van der Waals surface area contributed by atoms with Crippen LogP contribution in [0, 0.1) is 5.92 Å². The highest BCUT2D eigenvalue weighted by atomic mass is 16.5. The number of hydrogen-bond donors (Lipinski definition) is 2. The molecule has 0 radical (unpaired) electrons. The molecule has 0 saturated heterocycles. The number of nitrogens with one attached hydrogen (secondary N) is 2. The molecule has 1 aliphatic rings. The van der Waals surface area contributed by atoms with E-state index in [9.17, 15) is 9.59 Å². The molecule has 2 N–H and O–H groups in total. The monoisotopic (exact) mass is 416 g/mol. The summed E-state index contributed by atoms with van der Waals surface area (Å²) in [6.45, 7) is 4.17. The Morgan fingerprint density at radius 2 is 1.83 bits per heavy atom. The molecule has 1 aliphatic heterocycles. The Labute approximate surface area is 175 Å². The molecule has 0 fully saturated rings. The maximum absolute atomic E-state index is 13.3. The van der Waals surface area contributed by atoms with E-state index in [0.717, 1.165) is 17.0 Å². The molecule has 162 valence electrons. The maximum atomic E-state index is 13.3. The summed E-state index contributed by atoms with van der Waals surface area (Å²) in [7, 11) is 4.47. The third kappa shape index (κ3) is 4.19. The number of benzene rings is 1. The molecule has 2 atom stereocenters. The van der Waals surface area contributed by atoms with Gasteiger partial charge in [0.25, 0.3) is 0 Å². The van der Waals surface area contributed by atoms with Gasteiger partial charge in [0.2, 0.25) is 0 Å². The second-order valence-corrected chi connectivity index (χ2v) is 7.45. The van der Waals surface area contributed by atoms with Crippen LogP contribution in [0.3, 0.4) is 0 Å². The molecule has 0 aliphatic carbocycles. The number of urea groups is 1. The van der Waals surface area contributed by atoms with Gasteiger partial charge in [0.05, 0.1) is 33.4 Å². The Balaban J connectivity index is 2.00. The normalized spacial score (nSPS) is 16.6. The first-order valence-electron chi connectivity index (χ1n) is 9.79. The van der Waals surface area contributed by atoms with Crippen molar-refractivity contribution in [3.05, 3.63) is 41.5 Å². The zero-order valence-corrected chi connectivity index (χ0v) is 17.9. The number of rotatable bonds is 6. The summed E-state index contributed by atoms with van der Waals surface area (Å²) in [6.07, 6.45) is 2.26. The Bertz CT molecular complexity index is 888. The van der Waals surface area contributed by atoms with Crippen LogP contribution >= 0.6 is 0 Å². The van der Waals surface area contributed by atoms with Crippen LogP contribution in [0.2, 0.25) is 0 Å². The Hall–Kier alpha value is -3.23. The van der Waals surface area contributed by atoms with Crippen LogP contribution in [0.1, 0.15) is 36.8 Å². The third-order valence-electron chi connectivity index (χ3n) is 5.28. The highest BCUT2D eigenvalue weighted by Gasteiger charge is 2.36. The predicted molar refractivity (Wildman–Crippen MR) is 110 cm³/mol. The van der Waals surface area contributed by atoms with Crippen molar-refractivity contribution >= 4 is 12.0 Å². The molecule has 0 bridgehead atoms. The van der Waals surface area contributed by atoms with Gasteiger partial charge in [-0.05, 0) is 23.6 Å². The molecule has 2 heterocycles. The molecule has 30 heavy (non-hydrogen) atoms. The Kier molecular flexibility index (Phi) is 6.49. The van der Waals surface area contributed by atoms with E-state index in [2.05, 4.69) is 15.3 Å². The number of carbonyl (C=O) groups excluding carboxylic acids is 2. The lowest BCUT2D eigenvalue weighted by Crippen LogP contribution is -2.53. The Morgan fingerprint density at radius 1 is 1.17 bits per heavy atom. The summed E-state index contributed by atoms with van der Waals surface area (Å²) < 4.78 is 15.7. The first-order valence-corrected chi connectivity index (χ1v) is 9.79. The molecule has 1 aromatic carbocycles. The minimum absolute atomic E-state index is 0.123. The van der Waals surface area contributed by atoms with E-state index in [1.807, 2.05) is 26.0 Å². The van der Waals surface area contributed by atoms with Crippen molar-refractivity contribution in [2.75, 3.05) is 27.9 Å². The van der Waals surface area contributed by atoms with Crippen LogP contribution in [0.15, 0.2) is 24.5 Å². The van der Waals surface area contributed by atoms with E-state index in [4.69, 9.17) is 14.2 Å². The molecular formula is C21H28N4O5. The number of methoxy groups -OCH3 is 3. The molecule has 9 heteroatoms. The average Bonchev–Trinajstić information content (AvgIpc) is 3.24. The summed E-state index contributed by atoms with van der Waals surface area (Å²) >= 11 is 0. The van der Waals surface area contributed by atoms with Gasteiger partial charge in [-0.15, -0.1) is 0 Å². The minimum atomic E-state index is -0.747. The van der Waals surface area contributed by atoms with Crippen LogP contribution in [0.4, 0.5) is 4.79 Å². The first kappa shape index (κ1) is 21.5. The van der Waals surface area contributed by atoms with Crippen LogP contribution in [-0.2, 0) is 16.0 Å². The van der Waals surface area contributed by atoms with Crippen molar-refractivity contribution in [1.29, 1.82) is 0 Å². The second-order valence-electron chi connectivity index (χ2n) is 7.45. The van der Waals surface area contributed by atoms with Crippen molar-refractivity contribution < 1.29 is 23.8 Å². The van der Waals surface area contributed by atoms with Crippen molar-refractivity contribution in [2.45, 2.75) is 32.4 Å². The third-order valence-corrected chi connectivity index (χ3v) is 5.28. The summed E-state index contributed by atoms with van der Waals surface area (Å²) in [5, 5.41) is 2.83. The van der Waals surface area contributed by atoms with Gasteiger partial charge >= 0.3 is 12.0 Å². The second kappa shape index (κ2) is 9.06. The quantitative estimate of drug-likeness (QED) is 0.700. The topological polar surface area (TPSA) is 106 Å². The van der Waals surface area contributed by atoms with Crippen molar-refractivity contribution in [1.82, 2.24) is 20.2 Å². The number of carbonyl (C=O) groups is 2. The number of amides is 2. The van der Waals surface area contributed by atoms with Gasteiger partial charge in [-0.1, -0.05) is 13.8 Å². The van der Waals surface area contributed by atoms with E-state index >= 15 is 0 Å². The van der Waals surface area contributed by atoms with E-state index in [1.54, 1.807) is 31.5 Å². The summed E-state index contributed by atoms with van der Waals surface area (Å²) in [4.78, 5) is 34.7. The Morgan fingerprint density at radius 3 is 2.40 bits per heavy atom. The molecule has 1 unspecified atom stereocenters. The van der Waals surface area contributed by atoms with Crippen LogP contribution in [-0.4, -0.2) is 60.8 Å². The van der Waals surface area contributed by atoms with E-state index in [1.165, 1.54) is 7.11 Å². The number of nitrogens with zero attached hydrogens (tertiary/aromatic N) is 2. The minimum Gasteiger partial charge on any atom is -0.497 e. The number of H-pyrrole nitrogens is 1. The fourth-order valence-corrected chi connectivity index (χ4v) is 3.66. The number of ether oxygens (including phenoxy) is 3. The van der Waals surface area contributed by atoms with Gasteiger partial charge in [-0.2, -0.15) is 0 Å². The number of fused-ring (bicyclic) bond motifs is 1. The number of aromatic amines is 1. The van der Waals surface area contributed by atoms with Crippen LogP contribution in [0.5, 0.6) is 11.5 Å². The van der Waals surface area contributed by atoms with Gasteiger partial charge in [0, 0.05) is 24.7 Å². The molecule has 1 aromatic heterocycles. The van der Waals surface area contributed by atoms with Crippen molar-refractivity contribution in [2.24, 2.45) is 5.92 Å². The average molecular weight is 416 g/mol. The lowest BCUT2D eigenvalue weighted by molar-refractivity contribution is -0.144. The fourth-order valence-electron chi connectivity index (χ4n) is 3.66. The summed E-state index contributed by atoms with van der Waals surface area (Å²) in [5.41, 5.74) is 2.53. The molecule has 0 spiro atoms. The van der Waals surface area contributed by atoms with E-state index in [0.29, 0.717) is 24.5 Å². The highest BCUT2D eigenvalue weighted by molar-refractivity contribution is 5.84. The van der Waals surface area contributed by atoms with Crippen LogP contribution < -0.4 is 14.8 Å². The fraction of sp³-hybridized carbons (Fsp3) is 0.476. The summed E-state index contributed by atoms with van der Waals surface area (Å²) in [6, 6.07) is 3.92. The lowest BCUT2D eigenvalue weighted by Gasteiger charge is -2.36. The predicted octanol–water partition coefficient (Wildman–Crippen LogP) is 2.28. The van der Waals surface area contributed by atoms with Crippen molar-refractivity contribution in [3.8, 4) is 11.5 Å². The van der Waals surface area contributed by atoms with Crippen molar-refractivity contribution in [3.63, 3.8) is 0 Å². The molecule has 2 aromatic rings. The standard InChI is InChI=1S/C21H28N4O5/c1-12(2)17(20(26)30-5)24-21(27)25-7-6-16-18(23-11-22-16)19(25)13-8-14(28-3)10-15(9-13)29-4/h8-12,17,19H,6-7H2,1-5H3,(H,22,23)(H,24,27)/t17-,19?/m0/s1. The van der Waals surface area contributed by atoms with Gasteiger partial charge < -0.3 is 29.4 Å². The molecular weight excluding hydrogens is 388 g/mol. The lowest BCUT2D eigenvalue weighted by atomic mass is 9.95. The number of esters is 1. The zero-order valence-electron chi connectivity index (χ0n) is 17.9. The molecule has 9 nitrogen and oxygen atoms in total. The zero-order chi connectivity index (χ0) is 21.8. The number of hydrogen-bond acceptors (Lipinski definition) is 6. The first-order chi connectivity index (χ1) is 14.4. The van der Waals surface area contributed by atoms with Crippen LogP contribution in [0.25, 0.3) is 0 Å². The van der Waals surface area contributed by atoms with Gasteiger partial charge in [-0.25, -0.2) is 14.6 Å². The SMILES string of the molecule is COC(=O)[C@@H](NC(=O)N1CCc2[nH]cnc2C1c1cc(OC)cc(OC)c1)C(C)C. The smallest absolute Gasteiger partial charge is 0.328 e. The molecule has 0 saturated carbocycles. The number of aromatic nitrogens is 2. The summed E-state index contributed by atoms with van der Waals surface area (Å²) in [5.74, 6) is 0.627. The number of imidazole rings is 1.